The molecule has 0 saturated heterocycles. The van der Waals surface area contributed by atoms with E-state index in [0.29, 0.717) is 16.7 Å². The third-order valence-electron chi connectivity index (χ3n) is 2.66. The van der Waals surface area contributed by atoms with Crippen molar-refractivity contribution >= 4 is 5.91 Å². The van der Waals surface area contributed by atoms with Crippen molar-refractivity contribution in [3.05, 3.63) is 59.9 Å². The molecule has 2 rings (SSSR count). The molecule has 18 heavy (non-hydrogen) atoms. The van der Waals surface area contributed by atoms with Crippen molar-refractivity contribution in [1.82, 2.24) is 0 Å². The SMILES string of the molecule is NC(=O)C(O)c1ccc(F)cc1-c1ccccc1. The van der Waals surface area contributed by atoms with Crippen molar-refractivity contribution in [2.45, 2.75) is 6.10 Å². The molecule has 1 amide bonds. The number of aliphatic hydroxyl groups is 1. The molecular weight excluding hydrogens is 233 g/mol. The number of carbonyl (C=O) groups is 1. The van der Waals surface area contributed by atoms with Crippen LogP contribution in [-0.2, 0) is 4.79 Å². The van der Waals surface area contributed by atoms with Gasteiger partial charge >= 0.3 is 0 Å². The summed E-state index contributed by atoms with van der Waals surface area (Å²) in [6, 6.07) is 12.8. The van der Waals surface area contributed by atoms with Crippen LogP contribution in [0.4, 0.5) is 4.39 Å². The van der Waals surface area contributed by atoms with Gasteiger partial charge in [0.05, 0.1) is 0 Å². The van der Waals surface area contributed by atoms with Crippen LogP contribution in [0.2, 0.25) is 0 Å². The second-order valence-corrected chi connectivity index (χ2v) is 3.90. The predicted octanol–water partition coefficient (Wildman–Crippen LogP) is 2.01. The third kappa shape index (κ3) is 2.38. The average molecular weight is 245 g/mol. The largest absolute Gasteiger partial charge is 0.378 e. The van der Waals surface area contributed by atoms with Crippen LogP contribution in [0.15, 0.2) is 48.5 Å². The summed E-state index contributed by atoms with van der Waals surface area (Å²) in [5, 5.41) is 9.73. The Bertz CT molecular complexity index is 569. The Morgan fingerprint density at radius 2 is 1.83 bits per heavy atom. The molecule has 92 valence electrons. The number of nitrogens with two attached hydrogens (primary N) is 1. The van der Waals surface area contributed by atoms with Crippen LogP contribution in [-0.4, -0.2) is 11.0 Å². The molecule has 0 spiro atoms. The molecule has 0 radical (unpaired) electrons. The zero-order valence-corrected chi connectivity index (χ0v) is 9.51. The first kappa shape index (κ1) is 12.3. The van der Waals surface area contributed by atoms with Gasteiger partial charge in [-0.1, -0.05) is 36.4 Å². The minimum absolute atomic E-state index is 0.301. The molecule has 1 unspecified atom stereocenters. The summed E-state index contributed by atoms with van der Waals surface area (Å²) >= 11 is 0. The van der Waals surface area contributed by atoms with Crippen molar-refractivity contribution in [2.24, 2.45) is 5.73 Å². The van der Waals surface area contributed by atoms with Crippen LogP contribution >= 0.6 is 0 Å². The quantitative estimate of drug-likeness (QED) is 0.868. The van der Waals surface area contributed by atoms with E-state index in [0.717, 1.165) is 0 Å². The lowest BCUT2D eigenvalue weighted by atomic mass is 9.96. The summed E-state index contributed by atoms with van der Waals surface area (Å²) in [4.78, 5) is 11.0. The molecule has 3 nitrogen and oxygen atoms in total. The van der Waals surface area contributed by atoms with E-state index in [1.807, 2.05) is 6.07 Å². The van der Waals surface area contributed by atoms with E-state index < -0.39 is 17.8 Å². The third-order valence-corrected chi connectivity index (χ3v) is 2.66. The lowest BCUT2D eigenvalue weighted by molar-refractivity contribution is -0.126. The summed E-state index contributed by atoms with van der Waals surface area (Å²) in [5.41, 5.74) is 6.55. The molecule has 0 aromatic heterocycles. The Morgan fingerprint density at radius 3 is 2.44 bits per heavy atom. The van der Waals surface area contributed by atoms with E-state index in [-0.39, 0.29) is 0 Å². The van der Waals surface area contributed by atoms with Crippen molar-refractivity contribution in [3.8, 4) is 11.1 Å². The van der Waals surface area contributed by atoms with Crippen LogP contribution in [0.1, 0.15) is 11.7 Å². The number of primary amides is 1. The smallest absolute Gasteiger partial charge is 0.250 e. The normalized spacial score (nSPS) is 12.1. The van der Waals surface area contributed by atoms with Crippen LogP contribution < -0.4 is 5.73 Å². The molecular formula is C14H12FNO2. The Hall–Kier alpha value is -2.20. The van der Waals surface area contributed by atoms with Gasteiger partial charge in [0.25, 0.3) is 5.91 Å². The monoisotopic (exact) mass is 245 g/mol. The maximum absolute atomic E-state index is 13.3. The Balaban J connectivity index is 2.58. The van der Waals surface area contributed by atoms with Crippen molar-refractivity contribution in [2.75, 3.05) is 0 Å². The lowest BCUT2D eigenvalue weighted by Gasteiger charge is -2.13. The van der Waals surface area contributed by atoms with E-state index in [9.17, 15) is 14.3 Å². The molecule has 0 saturated carbocycles. The van der Waals surface area contributed by atoms with Gasteiger partial charge in [-0.15, -0.1) is 0 Å². The van der Waals surface area contributed by atoms with Gasteiger partial charge in [-0.3, -0.25) is 4.79 Å². The van der Waals surface area contributed by atoms with E-state index in [4.69, 9.17) is 5.73 Å². The van der Waals surface area contributed by atoms with E-state index in [1.165, 1.54) is 18.2 Å². The van der Waals surface area contributed by atoms with Gasteiger partial charge < -0.3 is 10.8 Å². The molecule has 4 heteroatoms. The van der Waals surface area contributed by atoms with Crippen LogP contribution in [0, 0.1) is 5.82 Å². The number of hydrogen-bond acceptors (Lipinski definition) is 2. The fourth-order valence-electron chi connectivity index (χ4n) is 1.79. The second-order valence-electron chi connectivity index (χ2n) is 3.90. The summed E-state index contributed by atoms with van der Waals surface area (Å²) < 4.78 is 13.3. The standard InChI is InChI=1S/C14H12FNO2/c15-10-6-7-11(13(17)14(16)18)12(8-10)9-4-2-1-3-5-9/h1-8,13,17H,(H2,16,18). The number of carbonyl (C=O) groups excluding carboxylic acids is 1. The van der Waals surface area contributed by atoms with Gasteiger partial charge in [-0.25, -0.2) is 4.39 Å². The van der Waals surface area contributed by atoms with Gasteiger partial charge in [0.15, 0.2) is 6.10 Å². The van der Waals surface area contributed by atoms with Gasteiger partial charge in [-0.05, 0) is 28.8 Å². The first-order valence-corrected chi connectivity index (χ1v) is 5.42. The van der Waals surface area contributed by atoms with E-state index in [2.05, 4.69) is 0 Å². The number of rotatable bonds is 3. The molecule has 2 aromatic rings. The molecule has 0 aliphatic heterocycles. The first-order chi connectivity index (χ1) is 8.59. The lowest BCUT2D eigenvalue weighted by Crippen LogP contribution is -2.21. The fraction of sp³-hybridized carbons (Fsp3) is 0.0714. The van der Waals surface area contributed by atoms with E-state index >= 15 is 0 Å². The minimum Gasteiger partial charge on any atom is -0.378 e. The van der Waals surface area contributed by atoms with Gasteiger partial charge in [0, 0.05) is 0 Å². The zero-order valence-electron chi connectivity index (χ0n) is 9.51. The first-order valence-electron chi connectivity index (χ1n) is 5.42. The Kier molecular flexibility index (Phi) is 3.39. The average Bonchev–Trinajstić information content (AvgIpc) is 2.39. The maximum Gasteiger partial charge on any atom is 0.250 e. The molecule has 1 atom stereocenters. The minimum atomic E-state index is -1.44. The Labute approximate surface area is 104 Å². The molecule has 0 bridgehead atoms. The second kappa shape index (κ2) is 4.98. The molecule has 0 aliphatic rings. The maximum atomic E-state index is 13.3. The van der Waals surface area contributed by atoms with Gasteiger partial charge in [0.1, 0.15) is 5.82 Å². The Morgan fingerprint density at radius 1 is 1.17 bits per heavy atom. The molecule has 2 aromatic carbocycles. The number of aliphatic hydroxyl groups excluding tert-OH is 1. The zero-order chi connectivity index (χ0) is 13.1. The summed E-state index contributed by atoms with van der Waals surface area (Å²) in [7, 11) is 0. The van der Waals surface area contributed by atoms with E-state index in [1.54, 1.807) is 24.3 Å². The topological polar surface area (TPSA) is 63.3 Å². The number of hydrogen-bond donors (Lipinski definition) is 2. The highest BCUT2D eigenvalue weighted by atomic mass is 19.1. The highest BCUT2D eigenvalue weighted by molar-refractivity contribution is 5.83. The highest BCUT2D eigenvalue weighted by Gasteiger charge is 2.18. The van der Waals surface area contributed by atoms with Gasteiger partial charge in [-0.2, -0.15) is 0 Å². The molecule has 0 fully saturated rings. The number of benzene rings is 2. The van der Waals surface area contributed by atoms with Crippen molar-refractivity contribution < 1.29 is 14.3 Å². The molecule has 3 N–H and O–H groups in total. The summed E-state index contributed by atoms with van der Waals surface area (Å²) in [5.74, 6) is -1.30. The van der Waals surface area contributed by atoms with Crippen LogP contribution in [0.3, 0.4) is 0 Å². The van der Waals surface area contributed by atoms with Crippen LogP contribution in [0.25, 0.3) is 11.1 Å². The molecule has 0 aliphatic carbocycles. The fourth-order valence-corrected chi connectivity index (χ4v) is 1.79. The van der Waals surface area contributed by atoms with Crippen LogP contribution in [0.5, 0.6) is 0 Å². The number of halogens is 1. The highest BCUT2D eigenvalue weighted by Crippen LogP contribution is 2.28. The summed E-state index contributed by atoms with van der Waals surface area (Å²) in [6.07, 6.45) is -1.44. The summed E-state index contributed by atoms with van der Waals surface area (Å²) in [6.45, 7) is 0. The van der Waals surface area contributed by atoms with Crippen molar-refractivity contribution in [3.63, 3.8) is 0 Å². The van der Waals surface area contributed by atoms with Gasteiger partial charge in [0.2, 0.25) is 0 Å². The number of amides is 1. The molecule has 0 heterocycles. The van der Waals surface area contributed by atoms with Crippen molar-refractivity contribution in [1.29, 1.82) is 0 Å². The predicted molar refractivity (Wildman–Crippen MR) is 66.0 cm³/mol.